The van der Waals surface area contributed by atoms with Crippen LogP contribution < -0.4 is 14.8 Å². The summed E-state index contributed by atoms with van der Waals surface area (Å²) in [5, 5.41) is 2.42. The van der Waals surface area contributed by atoms with E-state index in [4.69, 9.17) is 9.47 Å². The largest absolute Gasteiger partial charge is 0.494 e. The maximum absolute atomic E-state index is 12.4. The van der Waals surface area contributed by atoms with E-state index in [0.717, 1.165) is 11.3 Å². The number of carbonyl (C=O) groups excluding carboxylic acids is 2. The smallest absolute Gasteiger partial charge is 0.387 e. The average Bonchev–Trinajstić information content (AvgIpc) is 2.66. The molecule has 29 heavy (non-hydrogen) atoms. The van der Waals surface area contributed by atoms with E-state index in [1.807, 2.05) is 31.2 Å². The lowest BCUT2D eigenvalue weighted by Gasteiger charge is -2.15. The molecule has 8 heteroatoms. The van der Waals surface area contributed by atoms with E-state index >= 15 is 0 Å². The first kappa shape index (κ1) is 22.1. The summed E-state index contributed by atoms with van der Waals surface area (Å²) in [6.07, 6.45) is -0.597. The van der Waals surface area contributed by atoms with E-state index in [-0.39, 0.29) is 17.9 Å². The molecule has 0 radical (unpaired) electrons. The Bertz CT molecular complexity index is 828. The molecule has 0 bridgehead atoms. The van der Waals surface area contributed by atoms with Gasteiger partial charge in [-0.2, -0.15) is 8.78 Å². The zero-order valence-corrected chi connectivity index (χ0v) is 16.2. The number of rotatable bonds is 10. The van der Waals surface area contributed by atoms with Crippen molar-refractivity contribution in [2.24, 2.45) is 0 Å². The highest BCUT2D eigenvalue weighted by atomic mass is 19.3. The molecule has 0 spiro atoms. The molecular weight excluding hydrogens is 384 g/mol. The molecule has 2 aromatic rings. The van der Waals surface area contributed by atoms with Crippen molar-refractivity contribution in [2.45, 2.75) is 39.4 Å². The third-order valence-electron chi connectivity index (χ3n) is 3.82. The molecule has 1 N–H and O–H groups in total. The number of para-hydroxylation sites is 2. The third kappa shape index (κ3) is 7.77. The van der Waals surface area contributed by atoms with Crippen molar-refractivity contribution in [1.82, 2.24) is 0 Å². The van der Waals surface area contributed by atoms with E-state index in [9.17, 15) is 18.4 Å². The van der Waals surface area contributed by atoms with Crippen LogP contribution in [0.5, 0.6) is 11.5 Å². The number of carbonyl (C=O) groups is 2. The Kier molecular flexibility index (Phi) is 8.39. The van der Waals surface area contributed by atoms with Crippen molar-refractivity contribution in [1.29, 1.82) is 0 Å². The fraction of sp³-hybridized carbons (Fsp3) is 0.333. The van der Waals surface area contributed by atoms with Crippen molar-refractivity contribution in [3.63, 3.8) is 0 Å². The molecule has 0 aromatic heterocycles. The lowest BCUT2D eigenvalue weighted by molar-refractivity contribution is -0.153. The van der Waals surface area contributed by atoms with Gasteiger partial charge in [0.05, 0.1) is 12.3 Å². The molecular formula is C21H23F2NO5. The van der Waals surface area contributed by atoms with Crippen LogP contribution in [0.15, 0.2) is 48.5 Å². The average molecular weight is 407 g/mol. The Morgan fingerprint density at radius 1 is 1.10 bits per heavy atom. The standard InChI is InChI=1S/C21H23F2NO5/c1-14-7-5-8-16(13-14)27-12-6-11-19(25)28-15(2)20(26)24-17-9-3-4-10-18(17)29-21(22)23/h3-5,7-10,13,15,21H,6,11-12H2,1-2H3,(H,24,26)/t15-/m0/s1. The lowest BCUT2D eigenvalue weighted by atomic mass is 10.2. The number of amides is 1. The maximum atomic E-state index is 12.4. The van der Waals surface area contributed by atoms with Crippen LogP contribution in [0.4, 0.5) is 14.5 Å². The Labute approximate surface area is 167 Å². The van der Waals surface area contributed by atoms with Crippen molar-refractivity contribution < 1.29 is 32.6 Å². The number of benzene rings is 2. The molecule has 6 nitrogen and oxygen atoms in total. The molecule has 0 heterocycles. The quantitative estimate of drug-likeness (QED) is 0.469. The van der Waals surface area contributed by atoms with Crippen LogP contribution in [0.2, 0.25) is 0 Å². The fourth-order valence-electron chi connectivity index (χ4n) is 2.42. The summed E-state index contributed by atoms with van der Waals surface area (Å²) in [5.41, 5.74) is 1.13. The number of alkyl halides is 2. The SMILES string of the molecule is Cc1cccc(OCCCC(=O)O[C@@H](C)C(=O)Nc2ccccc2OC(F)F)c1. The number of esters is 1. The lowest BCUT2D eigenvalue weighted by Crippen LogP contribution is -2.30. The van der Waals surface area contributed by atoms with Gasteiger partial charge in [-0.1, -0.05) is 24.3 Å². The topological polar surface area (TPSA) is 73.9 Å². The summed E-state index contributed by atoms with van der Waals surface area (Å²) in [6.45, 7) is 0.657. The summed E-state index contributed by atoms with van der Waals surface area (Å²) in [7, 11) is 0. The molecule has 1 atom stereocenters. The van der Waals surface area contributed by atoms with Gasteiger partial charge in [-0.05, 0) is 50.1 Å². The Balaban J connectivity index is 1.75. The molecule has 2 aromatic carbocycles. The van der Waals surface area contributed by atoms with Crippen LogP contribution in [0, 0.1) is 6.92 Å². The van der Waals surface area contributed by atoms with Crippen LogP contribution in [0.3, 0.4) is 0 Å². The molecule has 0 aliphatic heterocycles. The Morgan fingerprint density at radius 3 is 2.59 bits per heavy atom. The minimum absolute atomic E-state index is 0.0623. The van der Waals surface area contributed by atoms with Gasteiger partial charge in [0.1, 0.15) is 11.5 Å². The predicted octanol–water partition coefficient (Wildman–Crippen LogP) is 4.33. The van der Waals surface area contributed by atoms with Gasteiger partial charge in [-0.25, -0.2) is 0 Å². The predicted molar refractivity (Wildman–Crippen MR) is 103 cm³/mol. The second-order valence-corrected chi connectivity index (χ2v) is 6.26. The van der Waals surface area contributed by atoms with Gasteiger partial charge in [0.15, 0.2) is 6.10 Å². The summed E-state index contributed by atoms with van der Waals surface area (Å²) >= 11 is 0. The Hall–Kier alpha value is -3.16. The van der Waals surface area contributed by atoms with Crippen LogP contribution >= 0.6 is 0 Å². The second-order valence-electron chi connectivity index (χ2n) is 6.26. The first-order chi connectivity index (χ1) is 13.8. The molecule has 1 amide bonds. The van der Waals surface area contributed by atoms with Crippen LogP contribution in [0.1, 0.15) is 25.3 Å². The number of hydrogen-bond acceptors (Lipinski definition) is 5. The van der Waals surface area contributed by atoms with Gasteiger partial charge in [0.2, 0.25) is 0 Å². The van der Waals surface area contributed by atoms with E-state index in [1.165, 1.54) is 25.1 Å². The monoisotopic (exact) mass is 407 g/mol. The first-order valence-electron chi connectivity index (χ1n) is 9.09. The number of anilines is 1. The zero-order valence-electron chi connectivity index (χ0n) is 16.2. The molecule has 2 rings (SSSR count). The van der Waals surface area contributed by atoms with E-state index in [2.05, 4.69) is 10.1 Å². The summed E-state index contributed by atoms with van der Waals surface area (Å²) in [6, 6.07) is 13.3. The van der Waals surface area contributed by atoms with Crippen molar-refractivity contribution >= 4 is 17.6 Å². The summed E-state index contributed by atoms with van der Waals surface area (Å²) in [5.74, 6) is -0.671. The molecule has 0 unspecified atom stereocenters. The number of halogens is 2. The second kappa shape index (κ2) is 11.0. The fourth-order valence-corrected chi connectivity index (χ4v) is 2.42. The molecule has 0 saturated heterocycles. The van der Waals surface area contributed by atoms with Gasteiger partial charge in [0.25, 0.3) is 5.91 Å². The molecule has 0 aliphatic rings. The van der Waals surface area contributed by atoms with E-state index in [0.29, 0.717) is 13.0 Å². The molecule has 0 fully saturated rings. The van der Waals surface area contributed by atoms with Crippen LogP contribution in [0.25, 0.3) is 0 Å². The highest BCUT2D eigenvalue weighted by molar-refractivity contribution is 5.96. The number of aryl methyl sites for hydroxylation is 1. The third-order valence-corrected chi connectivity index (χ3v) is 3.82. The van der Waals surface area contributed by atoms with Gasteiger partial charge < -0.3 is 19.5 Å². The molecule has 0 saturated carbocycles. The van der Waals surface area contributed by atoms with Crippen LogP contribution in [-0.4, -0.2) is 31.2 Å². The number of nitrogens with one attached hydrogen (secondary N) is 1. The molecule has 156 valence electrons. The minimum Gasteiger partial charge on any atom is -0.494 e. The van der Waals surface area contributed by atoms with Crippen molar-refractivity contribution in [3.8, 4) is 11.5 Å². The maximum Gasteiger partial charge on any atom is 0.387 e. The number of hydrogen-bond donors (Lipinski definition) is 1. The number of ether oxygens (including phenoxy) is 3. The Morgan fingerprint density at radius 2 is 1.86 bits per heavy atom. The zero-order chi connectivity index (χ0) is 21.2. The van der Waals surface area contributed by atoms with Gasteiger partial charge in [0, 0.05) is 6.42 Å². The minimum atomic E-state index is -3.02. The van der Waals surface area contributed by atoms with Gasteiger partial charge in [-0.3, -0.25) is 9.59 Å². The van der Waals surface area contributed by atoms with Crippen molar-refractivity contribution in [3.05, 3.63) is 54.1 Å². The van der Waals surface area contributed by atoms with E-state index in [1.54, 1.807) is 6.07 Å². The highest BCUT2D eigenvalue weighted by Gasteiger charge is 2.19. The van der Waals surface area contributed by atoms with Crippen LogP contribution in [-0.2, 0) is 14.3 Å². The first-order valence-corrected chi connectivity index (χ1v) is 9.09. The van der Waals surface area contributed by atoms with Gasteiger partial charge in [-0.15, -0.1) is 0 Å². The van der Waals surface area contributed by atoms with Crippen molar-refractivity contribution in [2.75, 3.05) is 11.9 Å². The summed E-state index contributed by atoms with van der Waals surface area (Å²) < 4.78 is 39.8. The summed E-state index contributed by atoms with van der Waals surface area (Å²) in [4.78, 5) is 24.1. The highest BCUT2D eigenvalue weighted by Crippen LogP contribution is 2.25. The van der Waals surface area contributed by atoms with Gasteiger partial charge >= 0.3 is 12.6 Å². The van der Waals surface area contributed by atoms with E-state index < -0.39 is 24.6 Å². The molecule has 0 aliphatic carbocycles. The normalized spacial score (nSPS) is 11.6.